The van der Waals surface area contributed by atoms with Gasteiger partial charge in [-0.05, 0) is 55.3 Å². The molecule has 1 amide bonds. The fraction of sp³-hybridized carbons (Fsp3) is 0.346. The van der Waals surface area contributed by atoms with Gasteiger partial charge in [0.25, 0.3) is 0 Å². The molecule has 1 fully saturated rings. The predicted octanol–water partition coefficient (Wildman–Crippen LogP) is 5.10. The Kier molecular flexibility index (Phi) is 9.29. The molecule has 0 radical (unpaired) electrons. The molecule has 3 rings (SSSR count). The van der Waals surface area contributed by atoms with Crippen LogP contribution in [0.25, 0.3) is 0 Å². The van der Waals surface area contributed by atoms with Gasteiger partial charge in [0, 0.05) is 38.9 Å². The number of hydrogen-bond donors (Lipinski definition) is 1. The standard InChI is InChI=1S/C26H29F3N4O4/c1-3-6-20(26(27,28)29)9-10-21(4-2)37-22-8-5-7-19(17-22)18-31-13-15-32(16-14-31)25(36)33-12-11-23(30-33)24(34)35/h4-12,17H,3,13-16,18H2,1-2H3,(H,34,35)/b10-9-,20-6-,21-4+. The zero-order chi connectivity index (χ0) is 27.0. The van der Waals surface area contributed by atoms with Crippen LogP contribution in [0, 0.1) is 0 Å². The average Bonchev–Trinajstić information content (AvgIpc) is 3.36. The number of nitrogens with zero attached hydrogens (tertiary/aromatic N) is 4. The monoisotopic (exact) mass is 518 g/mol. The Labute approximate surface area is 212 Å². The summed E-state index contributed by atoms with van der Waals surface area (Å²) in [7, 11) is 0. The molecule has 0 spiro atoms. The maximum Gasteiger partial charge on any atom is 0.416 e. The molecule has 11 heteroatoms. The number of amides is 1. The topological polar surface area (TPSA) is 87.9 Å². The summed E-state index contributed by atoms with van der Waals surface area (Å²) in [5, 5.41) is 12.8. The summed E-state index contributed by atoms with van der Waals surface area (Å²) in [5.41, 5.74) is 0.0415. The van der Waals surface area contributed by atoms with Crippen LogP contribution in [0.4, 0.5) is 18.0 Å². The highest BCUT2D eigenvalue weighted by molar-refractivity contribution is 5.86. The maximum absolute atomic E-state index is 13.1. The highest BCUT2D eigenvalue weighted by Gasteiger charge is 2.31. The minimum atomic E-state index is -4.43. The molecule has 0 bridgehead atoms. The lowest BCUT2D eigenvalue weighted by Crippen LogP contribution is -2.49. The molecule has 1 N–H and O–H groups in total. The van der Waals surface area contributed by atoms with Gasteiger partial charge < -0.3 is 14.7 Å². The van der Waals surface area contributed by atoms with Crippen LogP contribution in [0.1, 0.15) is 36.3 Å². The van der Waals surface area contributed by atoms with Crippen LogP contribution < -0.4 is 4.74 Å². The zero-order valence-corrected chi connectivity index (χ0v) is 20.6. The summed E-state index contributed by atoms with van der Waals surface area (Å²) in [5.74, 6) is -0.398. The lowest BCUT2D eigenvalue weighted by molar-refractivity contribution is -0.0884. The van der Waals surface area contributed by atoms with E-state index in [2.05, 4.69) is 10.00 Å². The fourth-order valence-corrected chi connectivity index (χ4v) is 3.75. The molecule has 8 nitrogen and oxygen atoms in total. The van der Waals surface area contributed by atoms with Crippen molar-refractivity contribution in [1.29, 1.82) is 0 Å². The largest absolute Gasteiger partial charge is 0.476 e. The first-order chi connectivity index (χ1) is 17.6. The Morgan fingerprint density at radius 2 is 1.86 bits per heavy atom. The van der Waals surface area contributed by atoms with E-state index in [0.29, 0.717) is 44.2 Å². The molecule has 37 heavy (non-hydrogen) atoms. The second-order valence-electron chi connectivity index (χ2n) is 8.34. The minimum Gasteiger partial charge on any atom is -0.476 e. The Morgan fingerprint density at radius 3 is 2.46 bits per heavy atom. The zero-order valence-electron chi connectivity index (χ0n) is 20.6. The molecular formula is C26H29F3N4O4. The van der Waals surface area contributed by atoms with Crippen molar-refractivity contribution in [1.82, 2.24) is 19.6 Å². The van der Waals surface area contributed by atoms with Crippen LogP contribution in [0.3, 0.4) is 0 Å². The smallest absolute Gasteiger partial charge is 0.416 e. The molecule has 0 unspecified atom stereocenters. The van der Waals surface area contributed by atoms with Gasteiger partial charge in [-0.1, -0.05) is 25.1 Å². The number of aromatic nitrogens is 2. The Balaban J connectivity index is 1.56. The molecule has 0 atom stereocenters. The molecule has 0 aliphatic carbocycles. The number of hydrogen-bond acceptors (Lipinski definition) is 5. The van der Waals surface area contributed by atoms with E-state index >= 15 is 0 Å². The molecule has 0 saturated carbocycles. The van der Waals surface area contributed by atoms with Crippen LogP contribution in [-0.2, 0) is 6.54 Å². The number of carbonyl (C=O) groups excluding carboxylic acids is 1. The highest BCUT2D eigenvalue weighted by Crippen LogP contribution is 2.27. The third-order valence-corrected chi connectivity index (χ3v) is 5.65. The number of allylic oxidation sites excluding steroid dienone is 5. The van der Waals surface area contributed by atoms with Crippen LogP contribution in [0.5, 0.6) is 5.75 Å². The third-order valence-electron chi connectivity index (χ3n) is 5.65. The number of piperazine rings is 1. The van der Waals surface area contributed by atoms with Crippen molar-refractivity contribution in [3.05, 3.63) is 83.4 Å². The lowest BCUT2D eigenvalue weighted by Gasteiger charge is -2.34. The number of rotatable bonds is 8. The first-order valence-corrected chi connectivity index (χ1v) is 11.8. The normalized spacial score (nSPS) is 15.9. The minimum absolute atomic E-state index is 0.191. The first-order valence-electron chi connectivity index (χ1n) is 11.8. The molecule has 1 aliphatic heterocycles. The summed E-state index contributed by atoms with van der Waals surface area (Å²) in [6.07, 6.45) is 2.21. The van der Waals surface area contributed by atoms with Gasteiger partial charge in [0.05, 0.1) is 5.57 Å². The van der Waals surface area contributed by atoms with Gasteiger partial charge in [0.15, 0.2) is 5.69 Å². The van der Waals surface area contributed by atoms with Crippen molar-refractivity contribution in [2.75, 3.05) is 26.2 Å². The van der Waals surface area contributed by atoms with Crippen LogP contribution in [-0.4, -0.2) is 69.0 Å². The molecule has 2 aromatic rings. The molecule has 1 aliphatic rings. The Hall–Kier alpha value is -3.86. The van der Waals surface area contributed by atoms with E-state index in [4.69, 9.17) is 9.84 Å². The SMILES string of the molecule is C\C=C(/C=C\C(=C\CC)C(F)(F)F)Oc1cccc(CN2CCN(C(=O)n3ccc(C(=O)O)n3)CC2)c1. The number of carboxylic acid groups (broad SMARTS) is 1. The van der Waals surface area contributed by atoms with E-state index in [1.165, 1.54) is 18.3 Å². The Bertz CT molecular complexity index is 1190. The number of aromatic carboxylic acids is 1. The highest BCUT2D eigenvalue weighted by atomic mass is 19.4. The average molecular weight is 519 g/mol. The maximum atomic E-state index is 13.1. The van der Waals surface area contributed by atoms with Crippen molar-refractivity contribution < 1.29 is 32.6 Å². The number of carbonyl (C=O) groups is 2. The number of carboxylic acids is 1. The molecular weight excluding hydrogens is 489 g/mol. The predicted molar refractivity (Wildman–Crippen MR) is 131 cm³/mol. The quantitative estimate of drug-likeness (QED) is 0.386. The van der Waals surface area contributed by atoms with Gasteiger partial charge in [-0.2, -0.15) is 23.0 Å². The first kappa shape index (κ1) is 27.7. The van der Waals surface area contributed by atoms with Crippen molar-refractivity contribution in [3.63, 3.8) is 0 Å². The van der Waals surface area contributed by atoms with Crippen LogP contribution in [0.15, 0.2) is 72.2 Å². The summed E-state index contributed by atoms with van der Waals surface area (Å²) in [4.78, 5) is 27.3. The van der Waals surface area contributed by atoms with E-state index in [9.17, 15) is 22.8 Å². The molecule has 1 aromatic heterocycles. The number of ether oxygens (including phenoxy) is 1. The van der Waals surface area contributed by atoms with Gasteiger partial charge in [-0.15, -0.1) is 0 Å². The summed E-state index contributed by atoms with van der Waals surface area (Å²) in [6.45, 7) is 6.06. The summed E-state index contributed by atoms with van der Waals surface area (Å²) >= 11 is 0. The van der Waals surface area contributed by atoms with E-state index < -0.39 is 17.7 Å². The van der Waals surface area contributed by atoms with Crippen molar-refractivity contribution in [2.45, 2.75) is 33.0 Å². The van der Waals surface area contributed by atoms with E-state index in [-0.39, 0.29) is 18.1 Å². The van der Waals surface area contributed by atoms with Gasteiger partial charge in [0.2, 0.25) is 0 Å². The number of benzene rings is 1. The van der Waals surface area contributed by atoms with Crippen molar-refractivity contribution in [2.24, 2.45) is 0 Å². The van der Waals surface area contributed by atoms with Crippen LogP contribution >= 0.6 is 0 Å². The van der Waals surface area contributed by atoms with E-state index in [1.54, 1.807) is 30.9 Å². The molecule has 1 aromatic carbocycles. The second kappa shape index (κ2) is 12.4. The van der Waals surface area contributed by atoms with E-state index in [0.717, 1.165) is 22.4 Å². The molecule has 198 valence electrons. The molecule has 1 saturated heterocycles. The van der Waals surface area contributed by atoms with Gasteiger partial charge in [0.1, 0.15) is 11.5 Å². The van der Waals surface area contributed by atoms with Gasteiger partial charge in [-0.3, -0.25) is 4.90 Å². The molecule has 2 heterocycles. The van der Waals surface area contributed by atoms with Gasteiger partial charge in [-0.25, -0.2) is 9.59 Å². The summed E-state index contributed by atoms with van der Waals surface area (Å²) < 4.78 is 46.2. The fourth-order valence-electron chi connectivity index (χ4n) is 3.75. The van der Waals surface area contributed by atoms with Crippen LogP contribution in [0.2, 0.25) is 0 Å². The van der Waals surface area contributed by atoms with Crippen molar-refractivity contribution >= 4 is 12.0 Å². The van der Waals surface area contributed by atoms with Crippen molar-refractivity contribution in [3.8, 4) is 5.75 Å². The number of alkyl halides is 3. The summed E-state index contributed by atoms with van der Waals surface area (Å²) in [6, 6.07) is 8.21. The third kappa shape index (κ3) is 7.81. The second-order valence-corrected chi connectivity index (χ2v) is 8.34. The lowest BCUT2D eigenvalue weighted by atomic mass is 10.1. The number of halogens is 3. The van der Waals surface area contributed by atoms with E-state index in [1.807, 2.05) is 18.2 Å². The Morgan fingerprint density at radius 1 is 1.14 bits per heavy atom. The van der Waals surface area contributed by atoms with Gasteiger partial charge >= 0.3 is 18.2 Å².